The van der Waals surface area contributed by atoms with Crippen molar-refractivity contribution in [2.24, 2.45) is 5.92 Å². The predicted molar refractivity (Wildman–Crippen MR) is 112 cm³/mol. The number of nitrogens with zero attached hydrogens (tertiary/aromatic N) is 1. The molecule has 2 aromatic carbocycles. The molecule has 4 nitrogen and oxygen atoms in total. The van der Waals surface area contributed by atoms with Crippen LogP contribution in [-0.4, -0.2) is 37.1 Å². The summed E-state index contributed by atoms with van der Waals surface area (Å²) in [7, 11) is 0. The van der Waals surface area contributed by atoms with E-state index in [1.807, 2.05) is 36.4 Å². The Morgan fingerprint density at radius 3 is 2.32 bits per heavy atom. The highest BCUT2D eigenvalue weighted by Gasteiger charge is 2.19. The lowest BCUT2D eigenvalue weighted by molar-refractivity contribution is 0.184. The minimum atomic E-state index is -0.181. The second-order valence-corrected chi connectivity index (χ2v) is 7.55. The Balaban J connectivity index is 1.32. The van der Waals surface area contributed by atoms with Crippen molar-refractivity contribution in [1.29, 1.82) is 0 Å². The quantitative estimate of drug-likeness (QED) is 0.741. The van der Waals surface area contributed by atoms with Gasteiger partial charge in [-0.05, 0) is 80.1 Å². The van der Waals surface area contributed by atoms with Gasteiger partial charge in [0.05, 0.1) is 0 Å². The normalized spacial score (nSPS) is 15.4. The maximum Gasteiger partial charge on any atom is 0.319 e. The lowest BCUT2D eigenvalue weighted by atomic mass is 9.96. The van der Waals surface area contributed by atoms with E-state index in [4.69, 9.17) is 0 Å². The minimum Gasteiger partial charge on any atom is -0.338 e. The average Bonchev–Trinajstić information content (AvgIpc) is 2.73. The van der Waals surface area contributed by atoms with Crippen LogP contribution in [0.5, 0.6) is 0 Å². The van der Waals surface area contributed by atoms with E-state index in [0.717, 1.165) is 51.0 Å². The molecule has 1 aliphatic heterocycles. The molecule has 0 aliphatic carbocycles. The number of hydrogen-bond acceptors (Lipinski definition) is 2. The molecule has 0 atom stereocenters. The zero-order chi connectivity index (χ0) is 19.8. The highest BCUT2D eigenvalue weighted by Crippen LogP contribution is 2.17. The zero-order valence-electron chi connectivity index (χ0n) is 16.6. The number of carbonyl (C=O) groups excluding carboxylic acids is 1. The summed E-state index contributed by atoms with van der Waals surface area (Å²) in [6.45, 7) is 5.93. The molecule has 150 valence electrons. The third-order valence-electron chi connectivity index (χ3n) is 5.51. The molecule has 2 N–H and O–H groups in total. The van der Waals surface area contributed by atoms with Gasteiger partial charge in [0, 0.05) is 18.8 Å². The van der Waals surface area contributed by atoms with Crippen molar-refractivity contribution in [3.8, 4) is 0 Å². The van der Waals surface area contributed by atoms with Gasteiger partial charge in [-0.15, -0.1) is 0 Å². The Morgan fingerprint density at radius 1 is 1.04 bits per heavy atom. The first-order valence-electron chi connectivity index (χ1n) is 10.2. The maximum absolute atomic E-state index is 13.0. The summed E-state index contributed by atoms with van der Waals surface area (Å²) >= 11 is 0. The Labute approximate surface area is 167 Å². The van der Waals surface area contributed by atoms with Crippen molar-refractivity contribution < 1.29 is 9.18 Å². The molecule has 2 aromatic rings. The molecule has 1 heterocycles. The van der Waals surface area contributed by atoms with Gasteiger partial charge in [0.25, 0.3) is 0 Å². The van der Waals surface area contributed by atoms with Crippen LogP contribution < -0.4 is 10.6 Å². The lowest BCUT2D eigenvalue weighted by Crippen LogP contribution is -2.40. The fraction of sp³-hybridized carbons (Fsp3) is 0.435. The molecule has 0 spiro atoms. The van der Waals surface area contributed by atoms with Crippen LogP contribution in [0, 0.1) is 11.7 Å². The Kier molecular flexibility index (Phi) is 7.43. The van der Waals surface area contributed by atoms with Gasteiger partial charge < -0.3 is 15.5 Å². The number of piperidine rings is 1. The monoisotopic (exact) mass is 383 g/mol. The molecule has 0 unspecified atom stereocenters. The SMILES string of the molecule is CCc1ccc(NC(=O)NCC2CCN(CCc3ccc(F)cc3)CC2)cc1. The first kappa shape index (κ1) is 20.3. The number of urea groups is 1. The van der Waals surface area contributed by atoms with Crippen LogP contribution in [0.15, 0.2) is 48.5 Å². The molecule has 0 aromatic heterocycles. The molecule has 0 bridgehead atoms. The van der Waals surface area contributed by atoms with Crippen LogP contribution in [0.4, 0.5) is 14.9 Å². The number of amides is 2. The van der Waals surface area contributed by atoms with Gasteiger partial charge in [-0.25, -0.2) is 9.18 Å². The van der Waals surface area contributed by atoms with Crippen molar-refractivity contribution in [1.82, 2.24) is 10.2 Å². The standard InChI is InChI=1S/C23H30FN3O/c1-2-18-5-9-22(10-6-18)26-23(28)25-17-20-12-15-27(16-13-20)14-11-19-3-7-21(24)8-4-19/h3-10,20H,2,11-17H2,1H3,(H2,25,26,28). The summed E-state index contributed by atoms with van der Waals surface area (Å²) in [5.74, 6) is 0.342. The first-order valence-corrected chi connectivity index (χ1v) is 10.2. The minimum absolute atomic E-state index is 0.136. The largest absolute Gasteiger partial charge is 0.338 e. The molecule has 1 saturated heterocycles. The maximum atomic E-state index is 13.0. The molecule has 5 heteroatoms. The number of anilines is 1. The van der Waals surface area contributed by atoms with E-state index in [1.165, 1.54) is 23.3 Å². The highest BCUT2D eigenvalue weighted by atomic mass is 19.1. The van der Waals surface area contributed by atoms with E-state index >= 15 is 0 Å². The van der Waals surface area contributed by atoms with Crippen molar-refractivity contribution >= 4 is 11.7 Å². The number of likely N-dealkylation sites (tertiary alicyclic amines) is 1. The topological polar surface area (TPSA) is 44.4 Å². The van der Waals surface area contributed by atoms with Gasteiger partial charge in [0.2, 0.25) is 0 Å². The molecule has 1 fully saturated rings. The molecule has 1 aliphatic rings. The van der Waals surface area contributed by atoms with E-state index in [-0.39, 0.29) is 11.8 Å². The number of hydrogen-bond donors (Lipinski definition) is 2. The van der Waals surface area contributed by atoms with Crippen LogP contribution in [0.25, 0.3) is 0 Å². The average molecular weight is 384 g/mol. The van der Waals surface area contributed by atoms with Crippen LogP contribution >= 0.6 is 0 Å². The van der Waals surface area contributed by atoms with E-state index in [0.29, 0.717) is 12.5 Å². The third-order valence-corrected chi connectivity index (χ3v) is 5.51. The number of benzene rings is 2. The molecule has 28 heavy (non-hydrogen) atoms. The van der Waals surface area contributed by atoms with E-state index in [2.05, 4.69) is 22.5 Å². The number of halogens is 1. The van der Waals surface area contributed by atoms with Gasteiger partial charge in [-0.3, -0.25) is 0 Å². The van der Waals surface area contributed by atoms with Gasteiger partial charge in [-0.2, -0.15) is 0 Å². The Bertz CT molecular complexity index is 737. The summed E-state index contributed by atoms with van der Waals surface area (Å²) < 4.78 is 13.0. The highest BCUT2D eigenvalue weighted by molar-refractivity contribution is 5.89. The smallest absolute Gasteiger partial charge is 0.319 e. The predicted octanol–water partition coefficient (Wildman–Crippen LogP) is 4.46. The Morgan fingerprint density at radius 2 is 1.68 bits per heavy atom. The van der Waals surface area contributed by atoms with Crippen molar-refractivity contribution in [2.45, 2.75) is 32.6 Å². The van der Waals surface area contributed by atoms with Crippen LogP contribution in [0.3, 0.4) is 0 Å². The lowest BCUT2D eigenvalue weighted by Gasteiger charge is -2.32. The molecule has 0 saturated carbocycles. The van der Waals surface area contributed by atoms with E-state index < -0.39 is 0 Å². The van der Waals surface area contributed by atoms with Gasteiger partial charge >= 0.3 is 6.03 Å². The molecular weight excluding hydrogens is 353 g/mol. The van der Waals surface area contributed by atoms with Crippen molar-refractivity contribution in [3.63, 3.8) is 0 Å². The van der Waals surface area contributed by atoms with Crippen LogP contribution in [0.2, 0.25) is 0 Å². The van der Waals surface area contributed by atoms with E-state index in [1.54, 1.807) is 0 Å². The van der Waals surface area contributed by atoms with Crippen LogP contribution in [-0.2, 0) is 12.8 Å². The van der Waals surface area contributed by atoms with Gasteiger partial charge in [-0.1, -0.05) is 31.2 Å². The van der Waals surface area contributed by atoms with E-state index in [9.17, 15) is 9.18 Å². The molecule has 0 radical (unpaired) electrons. The number of aryl methyl sites for hydroxylation is 1. The summed E-state index contributed by atoms with van der Waals surface area (Å²) in [6.07, 6.45) is 4.13. The molecule has 3 rings (SSSR count). The molecular formula is C23H30FN3O. The summed E-state index contributed by atoms with van der Waals surface area (Å²) in [5, 5.41) is 5.90. The second-order valence-electron chi connectivity index (χ2n) is 7.55. The zero-order valence-corrected chi connectivity index (χ0v) is 16.6. The Hall–Kier alpha value is -2.40. The third kappa shape index (κ3) is 6.34. The number of carbonyl (C=O) groups is 1. The fourth-order valence-corrected chi connectivity index (χ4v) is 3.59. The summed E-state index contributed by atoms with van der Waals surface area (Å²) in [6, 6.07) is 14.6. The summed E-state index contributed by atoms with van der Waals surface area (Å²) in [5.41, 5.74) is 3.26. The fourth-order valence-electron chi connectivity index (χ4n) is 3.59. The van der Waals surface area contributed by atoms with Gasteiger partial charge in [0.1, 0.15) is 5.82 Å². The second kappa shape index (κ2) is 10.2. The van der Waals surface area contributed by atoms with Crippen LogP contribution in [0.1, 0.15) is 30.9 Å². The van der Waals surface area contributed by atoms with Gasteiger partial charge in [0.15, 0.2) is 0 Å². The summed E-state index contributed by atoms with van der Waals surface area (Å²) in [4.78, 5) is 14.6. The molecule has 2 amide bonds. The first-order chi connectivity index (χ1) is 13.6. The van der Waals surface area contributed by atoms with Crippen molar-refractivity contribution in [3.05, 3.63) is 65.5 Å². The van der Waals surface area contributed by atoms with Crippen molar-refractivity contribution in [2.75, 3.05) is 31.5 Å². The number of rotatable bonds is 7. The number of nitrogens with one attached hydrogen (secondary N) is 2.